The van der Waals surface area contributed by atoms with Gasteiger partial charge in [0.05, 0.1) is 29.8 Å². The van der Waals surface area contributed by atoms with Crippen LogP contribution in [0.3, 0.4) is 0 Å². The molecule has 27 heavy (non-hydrogen) atoms. The monoisotopic (exact) mass is 416 g/mol. The Kier molecular flexibility index (Phi) is 8.56. The minimum absolute atomic E-state index is 0.0988. The van der Waals surface area contributed by atoms with Crippen LogP contribution >= 0.6 is 11.8 Å². The topological polar surface area (TPSA) is 84.9 Å². The number of carbonyl (C=O) groups excluding carboxylic acids is 1. The van der Waals surface area contributed by atoms with E-state index in [1.165, 1.54) is 23.9 Å². The van der Waals surface area contributed by atoms with Crippen molar-refractivity contribution in [1.82, 2.24) is 9.62 Å². The summed E-state index contributed by atoms with van der Waals surface area (Å²) in [6.07, 6.45) is 2.57. The van der Waals surface area contributed by atoms with Crippen LogP contribution in [0.25, 0.3) is 0 Å². The summed E-state index contributed by atoms with van der Waals surface area (Å²) in [5, 5.41) is 0. The van der Waals surface area contributed by atoms with Gasteiger partial charge in [-0.05, 0) is 44.7 Å². The van der Waals surface area contributed by atoms with E-state index in [0.717, 1.165) is 4.90 Å². The molecule has 1 aromatic rings. The van der Waals surface area contributed by atoms with Crippen molar-refractivity contribution in [3.8, 4) is 0 Å². The molecule has 1 fully saturated rings. The summed E-state index contributed by atoms with van der Waals surface area (Å²) in [4.78, 5) is 15.4. The van der Waals surface area contributed by atoms with Gasteiger partial charge in [-0.3, -0.25) is 4.79 Å². The van der Waals surface area contributed by atoms with Crippen molar-refractivity contribution in [3.63, 3.8) is 0 Å². The fourth-order valence-corrected chi connectivity index (χ4v) is 4.31. The van der Waals surface area contributed by atoms with E-state index < -0.39 is 10.0 Å². The molecule has 7 nitrogen and oxygen atoms in total. The Morgan fingerprint density at radius 3 is 2.67 bits per heavy atom. The highest BCUT2D eigenvalue weighted by atomic mass is 32.2. The third-order valence-electron chi connectivity index (χ3n) is 4.07. The van der Waals surface area contributed by atoms with Gasteiger partial charge < -0.3 is 14.4 Å². The van der Waals surface area contributed by atoms with E-state index in [0.29, 0.717) is 44.9 Å². The van der Waals surface area contributed by atoms with Gasteiger partial charge in [0.1, 0.15) is 0 Å². The lowest BCUT2D eigenvalue weighted by Gasteiger charge is -2.27. The van der Waals surface area contributed by atoms with Gasteiger partial charge in [0.25, 0.3) is 5.91 Å². The van der Waals surface area contributed by atoms with E-state index in [4.69, 9.17) is 9.47 Å². The zero-order chi connectivity index (χ0) is 19.9. The first-order valence-corrected chi connectivity index (χ1v) is 11.7. The van der Waals surface area contributed by atoms with Crippen molar-refractivity contribution in [3.05, 3.63) is 23.8 Å². The summed E-state index contributed by atoms with van der Waals surface area (Å²) >= 11 is 1.42. The summed E-state index contributed by atoms with van der Waals surface area (Å²) < 4.78 is 38.4. The second kappa shape index (κ2) is 10.4. The Balaban J connectivity index is 2.11. The molecule has 9 heteroatoms. The second-order valence-electron chi connectivity index (χ2n) is 6.44. The van der Waals surface area contributed by atoms with Crippen LogP contribution in [0.5, 0.6) is 0 Å². The Labute approximate surface area is 165 Å². The number of benzene rings is 1. The van der Waals surface area contributed by atoms with Gasteiger partial charge in [-0.2, -0.15) is 0 Å². The Morgan fingerprint density at radius 2 is 2.04 bits per heavy atom. The molecule has 0 aliphatic carbocycles. The molecule has 1 saturated heterocycles. The lowest BCUT2D eigenvalue weighted by molar-refractivity contribution is 0.0300. The number of nitrogens with zero attached hydrogens (tertiary/aromatic N) is 1. The van der Waals surface area contributed by atoms with Crippen LogP contribution in [-0.2, 0) is 19.5 Å². The van der Waals surface area contributed by atoms with Crippen molar-refractivity contribution < 1.29 is 22.7 Å². The molecule has 1 amide bonds. The molecule has 1 aromatic carbocycles. The Hall–Kier alpha value is -1.13. The van der Waals surface area contributed by atoms with Gasteiger partial charge in [0.2, 0.25) is 10.0 Å². The molecule has 1 aliphatic rings. The highest BCUT2D eigenvalue weighted by Gasteiger charge is 2.23. The molecule has 2 rings (SSSR count). The van der Waals surface area contributed by atoms with Crippen molar-refractivity contribution in [2.24, 2.45) is 0 Å². The fraction of sp³-hybridized carbons (Fsp3) is 0.611. The molecule has 1 heterocycles. The van der Waals surface area contributed by atoms with Crippen molar-refractivity contribution in [2.75, 3.05) is 45.7 Å². The van der Waals surface area contributed by atoms with Crippen LogP contribution in [0.4, 0.5) is 0 Å². The highest BCUT2D eigenvalue weighted by Crippen LogP contribution is 2.25. The Bertz CT molecular complexity index is 731. The summed E-state index contributed by atoms with van der Waals surface area (Å²) in [6, 6.07) is 4.69. The number of morpholine rings is 1. The SMILES string of the molecule is CSc1ccc(S(=O)(=O)NCCCOC(C)C)cc1C(=O)N1CCOCC1. The number of hydrogen-bond acceptors (Lipinski definition) is 6. The standard InChI is InChI=1S/C18H28N2O5S2/c1-14(2)25-10-4-7-19-27(22,23)15-5-6-17(26-3)16(13-15)18(21)20-8-11-24-12-9-20/h5-6,13-14,19H,4,7-12H2,1-3H3. The number of ether oxygens (including phenoxy) is 2. The quantitative estimate of drug-likeness (QED) is 0.489. The normalized spacial score (nSPS) is 15.3. The van der Waals surface area contributed by atoms with Crippen LogP contribution in [0.15, 0.2) is 28.0 Å². The van der Waals surface area contributed by atoms with E-state index in [1.807, 2.05) is 20.1 Å². The number of hydrogen-bond donors (Lipinski definition) is 1. The maximum atomic E-state index is 12.8. The maximum Gasteiger partial charge on any atom is 0.255 e. The molecular formula is C18H28N2O5S2. The molecule has 0 aromatic heterocycles. The number of amides is 1. The zero-order valence-corrected chi connectivity index (χ0v) is 17.7. The van der Waals surface area contributed by atoms with Crippen LogP contribution in [0, 0.1) is 0 Å². The third-order valence-corrected chi connectivity index (χ3v) is 6.33. The fourth-order valence-electron chi connectivity index (χ4n) is 2.64. The van der Waals surface area contributed by atoms with Crippen molar-refractivity contribution >= 4 is 27.7 Å². The molecule has 0 saturated carbocycles. The number of thioether (sulfide) groups is 1. The Morgan fingerprint density at radius 1 is 1.33 bits per heavy atom. The van der Waals surface area contributed by atoms with Gasteiger partial charge in [-0.1, -0.05) is 0 Å². The van der Waals surface area contributed by atoms with Crippen LogP contribution < -0.4 is 4.72 Å². The van der Waals surface area contributed by atoms with Crippen LogP contribution in [-0.4, -0.2) is 71.0 Å². The lowest BCUT2D eigenvalue weighted by atomic mass is 10.2. The first kappa shape index (κ1) is 22.2. The molecule has 1 N–H and O–H groups in total. The van der Waals surface area contributed by atoms with Gasteiger partial charge in [0.15, 0.2) is 0 Å². The van der Waals surface area contributed by atoms with Crippen molar-refractivity contribution in [1.29, 1.82) is 0 Å². The molecule has 0 radical (unpaired) electrons. The largest absolute Gasteiger partial charge is 0.379 e. The number of sulfonamides is 1. The predicted octanol–water partition coefficient (Wildman–Crippen LogP) is 1.97. The highest BCUT2D eigenvalue weighted by molar-refractivity contribution is 7.98. The minimum atomic E-state index is -3.68. The van der Waals surface area contributed by atoms with Gasteiger partial charge in [-0.15, -0.1) is 11.8 Å². The summed E-state index contributed by atoms with van der Waals surface area (Å²) in [6.45, 7) is 6.67. The predicted molar refractivity (Wildman–Crippen MR) is 106 cm³/mol. The third kappa shape index (κ3) is 6.46. The van der Waals surface area contributed by atoms with E-state index in [-0.39, 0.29) is 23.5 Å². The smallest absolute Gasteiger partial charge is 0.255 e. The molecule has 0 spiro atoms. The van der Waals surface area contributed by atoms with E-state index in [1.54, 1.807) is 11.0 Å². The molecular weight excluding hydrogens is 388 g/mol. The van der Waals surface area contributed by atoms with Gasteiger partial charge in [-0.25, -0.2) is 13.1 Å². The van der Waals surface area contributed by atoms with Gasteiger partial charge in [0, 0.05) is 31.1 Å². The summed E-state index contributed by atoms with van der Waals surface area (Å²) in [5.74, 6) is -0.162. The molecule has 0 unspecified atom stereocenters. The summed E-state index contributed by atoms with van der Waals surface area (Å²) in [5.41, 5.74) is 0.412. The van der Waals surface area contributed by atoms with Gasteiger partial charge >= 0.3 is 0 Å². The average Bonchev–Trinajstić information content (AvgIpc) is 2.67. The van der Waals surface area contributed by atoms with E-state index in [9.17, 15) is 13.2 Å². The second-order valence-corrected chi connectivity index (χ2v) is 9.05. The maximum absolute atomic E-state index is 12.8. The van der Waals surface area contributed by atoms with Crippen LogP contribution in [0.1, 0.15) is 30.6 Å². The number of nitrogens with one attached hydrogen (secondary N) is 1. The first-order valence-electron chi connectivity index (χ1n) is 9.01. The van der Waals surface area contributed by atoms with E-state index in [2.05, 4.69) is 4.72 Å². The number of rotatable bonds is 9. The average molecular weight is 417 g/mol. The van der Waals surface area contributed by atoms with Crippen molar-refractivity contribution in [2.45, 2.75) is 36.2 Å². The van der Waals surface area contributed by atoms with Crippen LogP contribution in [0.2, 0.25) is 0 Å². The zero-order valence-electron chi connectivity index (χ0n) is 16.1. The molecule has 0 atom stereocenters. The number of carbonyl (C=O) groups is 1. The lowest BCUT2D eigenvalue weighted by Crippen LogP contribution is -2.41. The first-order chi connectivity index (χ1) is 12.8. The summed E-state index contributed by atoms with van der Waals surface area (Å²) in [7, 11) is -3.68. The molecule has 152 valence electrons. The molecule has 1 aliphatic heterocycles. The molecule has 0 bridgehead atoms. The van der Waals surface area contributed by atoms with E-state index >= 15 is 0 Å². The minimum Gasteiger partial charge on any atom is -0.379 e.